The summed E-state index contributed by atoms with van der Waals surface area (Å²) in [5.41, 5.74) is 3.71. The van der Waals surface area contributed by atoms with Gasteiger partial charge in [0, 0.05) is 10.8 Å². The SMILES string of the molecule is COc1ccc(-c2ccccc2)c2c1oc1cccc(Cl)c12. The lowest BCUT2D eigenvalue weighted by Gasteiger charge is -2.07. The van der Waals surface area contributed by atoms with Crippen LogP contribution in [0.4, 0.5) is 0 Å². The van der Waals surface area contributed by atoms with Crippen LogP contribution in [0.2, 0.25) is 5.02 Å². The molecule has 0 fully saturated rings. The highest BCUT2D eigenvalue weighted by atomic mass is 35.5. The molecule has 1 heterocycles. The molecule has 0 atom stereocenters. The van der Waals surface area contributed by atoms with Gasteiger partial charge in [-0.3, -0.25) is 0 Å². The van der Waals surface area contributed by atoms with Crippen molar-refractivity contribution in [2.45, 2.75) is 0 Å². The van der Waals surface area contributed by atoms with Gasteiger partial charge >= 0.3 is 0 Å². The molecule has 0 bridgehead atoms. The third-order valence-corrected chi connectivity index (χ3v) is 4.18. The van der Waals surface area contributed by atoms with E-state index < -0.39 is 0 Å². The van der Waals surface area contributed by atoms with Crippen molar-refractivity contribution in [1.82, 2.24) is 0 Å². The Hall–Kier alpha value is -2.45. The molecule has 0 aliphatic rings. The normalized spacial score (nSPS) is 11.2. The first-order valence-corrected chi connectivity index (χ1v) is 7.40. The highest BCUT2D eigenvalue weighted by Crippen LogP contribution is 2.43. The summed E-state index contributed by atoms with van der Waals surface area (Å²) in [6, 6.07) is 19.9. The zero-order chi connectivity index (χ0) is 15.1. The smallest absolute Gasteiger partial charge is 0.177 e. The van der Waals surface area contributed by atoms with Crippen LogP contribution in [0.5, 0.6) is 5.75 Å². The predicted molar refractivity (Wildman–Crippen MR) is 90.7 cm³/mol. The fourth-order valence-electron chi connectivity index (χ4n) is 2.87. The molecule has 4 rings (SSSR count). The Morgan fingerprint density at radius 2 is 1.68 bits per heavy atom. The van der Waals surface area contributed by atoms with E-state index in [9.17, 15) is 0 Å². The van der Waals surface area contributed by atoms with Gasteiger partial charge < -0.3 is 9.15 Å². The van der Waals surface area contributed by atoms with Gasteiger partial charge in [0.1, 0.15) is 5.58 Å². The van der Waals surface area contributed by atoms with E-state index in [1.165, 1.54) is 0 Å². The molecule has 0 spiro atoms. The fourth-order valence-corrected chi connectivity index (χ4v) is 3.13. The highest BCUT2D eigenvalue weighted by Gasteiger charge is 2.18. The topological polar surface area (TPSA) is 22.4 Å². The Balaban J connectivity index is 2.21. The minimum atomic E-state index is 0.682. The van der Waals surface area contributed by atoms with Gasteiger partial charge in [0.25, 0.3) is 0 Å². The van der Waals surface area contributed by atoms with E-state index >= 15 is 0 Å². The highest BCUT2D eigenvalue weighted by molar-refractivity contribution is 6.38. The number of fused-ring (bicyclic) bond motifs is 3. The van der Waals surface area contributed by atoms with Gasteiger partial charge in [-0.15, -0.1) is 0 Å². The van der Waals surface area contributed by atoms with Crippen molar-refractivity contribution < 1.29 is 9.15 Å². The van der Waals surface area contributed by atoms with Crippen LogP contribution >= 0.6 is 11.6 Å². The number of hydrogen-bond acceptors (Lipinski definition) is 2. The summed E-state index contributed by atoms with van der Waals surface area (Å²) in [6.45, 7) is 0. The third kappa shape index (κ3) is 1.88. The van der Waals surface area contributed by atoms with E-state index in [1.807, 2.05) is 42.5 Å². The van der Waals surface area contributed by atoms with Crippen LogP contribution < -0.4 is 4.74 Å². The molecule has 0 amide bonds. The number of halogens is 1. The molecule has 0 saturated heterocycles. The summed E-state index contributed by atoms with van der Waals surface area (Å²) in [7, 11) is 1.64. The van der Waals surface area contributed by atoms with E-state index in [4.69, 9.17) is 20.8 Å². The van der Waals surface area contributed by atoms with Crippen molar-refractivity contribution in [3.05, 3.63) is 65.7 Å². The molecule has 0 unspecified atom stereocenters. The number of ether oxygens (including phenoxy) is 1. The van der Waals surface area contributed by atoms with Gasteiger partial charge in [0.2, 0.25) is 0 Å². The van der Waals surface area contributed by atoms with Crippen LogP contribution in [0.1, 0.15) is 0 Å². The van der Waals surface area contributed by atoms with Gasteiger partial charge in [-0.25, -0.2) is 0 Å². The number of methoxy groups -OCH3 is 1. The quantitative estimate of drug-likeness (QED) is 0.459. The molecule has 22 heavy (non-hydrogen) atoms. The van der Waals surface area contributed by atoms with Crippen LogP contribution in [-0.2, 0) is 0 Å². The Morgan fingerprint density at radius 3 is 2.45 bits per heavy atom. The Kier molecular flexibility index (Phi) is 3.05. The molecule has 0 radical (unpaired) electrons. The van der Waals surface area contributed by atoms with Crippen molar-refractivity contribution in [2.24, 2.45) is 0 Å². The molecular weight excluding hydrogens is 296 g/mol. The van der Waals surface area contributed by atoms with E-state index in [0.29, 0.717) is 10.8 Å². The average molecular weight is 309 g/mol. The zero-order valence-corrected chi connectivity index (χ0v) is 12.7. The van der Waals surface area contributed by atoms with E-state index in [1.54, 1.807) is 7.11 Å². The molecule has 3 heteroatoms. The largest absolute Gasteiger partial charge is 0.493 e. The summed E-state index contributed by atoms with van der Waals surface area (Å²) in [5, 5.41) is 2.60. The molecule has 2 nitrogen and oxygen atoms in total. The standard InChI is InChI=1S/C19H13ClO2/c1-21-16-11-10-13(12-6-3-2-4-7-12)17-18-14(20)8-5-9-15(18)22-19(16)17/h2-11H,1H3. The Labute approximate surface area is 132 Å². The second-order valence-corrected chi connectivity index (χ2v) is 5.51. The summed E-state index contributed by atoms with van der Waals surface area (Å²) < 4.78 is 11.5. The Morgan fingerprint density at radius 1 is 0.864 bits per heavy atom. The van der Waals surface area contributed by atoms with Crippen molar-refractivity contribution in [1.29, 1.82) is 0 Å². The van der Waals surface area contributed by atoms with Gasteiger partial charge in [0.05, 0.1) is 12.1 Å². The lowest BCUT2D eigenvalue weighted by molar-refractivity contribution is 0.412. The molecule has 1 aromatic heterocycles. The molecule has 0 N–H and O–H groups in total. The molecular formula is C19H13ClO2. The van der Waals surface area contributed by atoms with Crippen LogP contribution in [-0.4, -0.2) is 7.11 Å². The van der Waals surface area contributed by atoms with E-state index in [-0.39, 0.29) is 0 Å². The molecule has 4 aromatic rings. The summed E-state index contributed by atoms with van der Waals surface area (Å²) >= 11 is 6.43. The van der Waals surface area contributed by atoms with Crippen LogP contribution in [0, 0.1) is 0 Å². The zero-order valence-electron chi connectivity index (χ0n) is 12.0. The summed E-state index contributed by atoms with van der Waals surface area (Å²) in [6.07, 6.45) is 0. The molecule has 0 saturated carbocycles. The monoisotopic (exact) mass is 308 g/mol. The molecule has 0 aliphatic heterocycles. The number of hydrogen-bond donors (Lipinski definition) is 0. The minimum absolute atomic E-state index is 0.682. The van der Waals surface area contributed by atoms with Gasteiger partial charge in [0.15, 0.2) is 11.3 Å². The van der Waals surface area contributed by atoms with Crippen LogP contribution in [0.25, 0.3) is 33.1 Å². The van der Waals surface area contributed by atoms with Crippen LogP contribution in [0.3, 0.4) is 0 Å². The van der Waals surface area contributed by atoms with Gasteiger partial charge in [-0.2, -0.15) is 0 Å². The van der Waals surface area contributed by atoms with Gasteiger partial charge in [-0.1, -0.05) is 48.0 Å². The first kappa shape index (κ1) is 13.2. The Bertz CT molecular complexity index is 971. The lowest BCUT2D eigenvalue weighted by Crippen LogP contribution is -1.85. The number of furan rings is 1. The maximum atomic E-state index is 6.43. The number of benzene rings is 3. The van der Waals surface area contributed by atoms with E-state index in [0.717, 1.165) is 33.1 Å². The summed E-state index contributed by atoms with van der Waals surface area (Å²) in [4.78, 5) is 0. The number of rotatable bonds is 2. The van der Waals surface area contributed by atoms with Crippen molar-refractivity contribution in [2.75, 3.05) is 7.11 Å². The van der Waals surface area contributed by atoms with E-state index in [2.05, 4.69) is 18.2 Å². The van der Waals surface area contributed by atoms with Crippen molar-refractivity contribution >= 4 is 33.5 Å². The fraction of sp³-hybridized carbons (Fsp3) is 0.0526. The molecule has 108 valence electrons. The van der Waals surface area contributed by atoms with Gasteiger partial charge in [-0.05, 0) is 35.4 Å². The lowest BCUT2D eigenvalue weighted by atomic mass is 9.99. The first-order valence-electron chi connectivity index (χ1n) is 7.02. The second-order valence-electron chi connectivity index (χ2n) is 5.10. The maximum Gasteiger partial charge on any atom is 0.177 e. The molecule has 0 aliphatic carbocycles. The predicted octanol–water partition coefficient (Wildman–Crippen LogP) is 5.92. The molecule has 3 aromatic carbocycles. The maximum absolute atomic E-state index is 6.43. The minimum Gasteiger partial charge on any atom is -0.493 e. The van der Waals surface area contributed by atoms with Crippen molar-refractivity contribution in [3.8, 4) is 16.9 Å². The average Bonchev–Trinajstić information content (AvgIpc) is 2.95. The first-order chi connectivity index (χ1) is 10.8. The van der Waals surface area contributed by atoms with Crippen LogP contribution in [0.15, 0.2) is 65.1 Å². The third-order valence-electron chi connectivity index (χ3n) is 3.86. The summed E-state index contributed by atoms with van der Waals surface area (Å²) in [5.74, 6) is 0.710. The second kappa shape index (κ2) is 5.08. The van der Waals surface area contributed by atoms with Crippen molar-refractivity contribution in [3.63, 3.8) is 0 Å².